The van der Waals surface area contributed by atoms with Gasteiger partial charge in [0.25, 0.3) is 0 Å². The molecular weight excluding hydrogens is 287 g/mol. The van der Waals surface area contributed by atoms with Gasteiger partial charge >= 0.3 is 0 Å². The van der Waals surface area contributed by atoms with Gasteiger partial charge in [0.15, 0.2) is 0 Å². The Balaban J connectivity index is 1.66. The van der Waals surface area contributed by atoms with Gasteiger partial charge in [0.1, 0.15) is 11.9 Å². The Morgan fingerprint density at radius 3 is 2.86 bits per heavy atom. The van der Waals surface area contributed by atoms with Crippen molar-refractivity contribution in [2.24, 2.45) is 5.73 Å². The number of halogens is 1. The largest absolute Gasteiger partial charge is 0.367 e. The fraction of sp³-hybridized carbons (Fsp3) is 0.333. The van der Waals surface area contributed by atoms with Crippen LogP contribution < -0.4 is 5.73 Å². The first-order valence-corrected chi connectivity index (χ1v) is 7.04. The average molecular weight is 304 g/mol. The second-order valence-electron chi connectivity index (χ2n) is 5.23. The zero-order chi connectivity index (χ0) is 15.5. The van der Waals surface area contributed by atoms with Gasteiger partial charge in [0.2, 0.25) is 5.91 Å². The Labute approximate surface area is 127 Å². The molecule has 7 heteroatoms. The number of benzene rings is 1. The minimum Gasteiger partial charge on any atom is -0.367 e. The first-order valence-electron chi connectivity index (χ1n) is 7.04. The molecule has 0 radical (unpaired) electrons. The minimum atomic E-state index is -0.569. The Morgan fingerprint density at radius 1 is 1.36 bits per heavy atom. The average Bonchev–Trinajstić information content (AvgIpc) is 2.96. The highest BCUT2D eigenvalue weighted by atomic mass is 19.1. The van der Waals surface area contributed by atoms with Crippen LogP contribution in [0.1, 0.15) is 0 Å². The second-order valence-corrected chi connectivity index (χ2v) is 5.23. The number of hydrogen-bond donors (Lipinski definition) is 1. The van der Waals surface area contributed by atoms with Crippen LogP contribution in [0.4, 0.5) is 4.39 Å². The van der Waals surface area contributed by atoms with Crippen LogP contribution in [0.15, 0.2) is 36.5 Å². The van der Waals surface area contributed by atoms with Crippen LogP contribution in [0.3, 0.4) is 0 Å². The summed E-state index contributed by atoms with van der Waals surface area (Å²) in [6, 6.07) is 8.08. The van der Waals surface area contributed by atoms with Crippen LogP contribution in [-0.2, 0) is 16.2 Å². The molecule has 1 aliphatic heterocycles. The van der Waals surface area contributed by atoms with Crippen molar-refractivity contribution in [3.63, 3.8) is 0 Å². The van der Waals surface area contributed by atoms with E-state index in [4.69, 9.17) is 10.5 Å². The summed E-state index contributed by atoms with van der Waals surface area (Å²) in [5.41, 5.74) is 6.91. The molecule has 116 valence electrons. The van der Waals surface area contributed by atoms with Crippen molar-refractivity contribution in [1.29, 1.82) is 0 Å². The summed E-state index contributed by atoms with van der Waals surface area (Å²) in [5, 5.41) is 4.47. The number of primary amides is 1. The molecule has 2 aromatic rings. The summed E-state index contributed by atoms with van der Waals surface area (Å²) in [6.07, 6.45) is 1.29. The third-order valence-corrected chi connectivity index (χ3v) is 3.59. The van der Waals surface area contributed by atoms with Crippen molar-refractivity contribution >= 4 is 5.91 Å². The lowest BCUT2D eigenvalue weighted by atomic mass is 10.1. The van der Waals surface area contributed by atoms with E-state index < -0.39 is 12.0 Å². The Bertz CT molecular complexity index is 656. The van der Waals surface area contributed by atoms with Crippen LogP contribution in [0.2, 0.25) is 0 Å². The number of rotatable bonds is 4. The zero-order valence-corrected chi connectivity index (χ0v) is 12.0. The number of carbonyl (C=O) groups excluding carboxylic acids is 1. The maximum absolute atomic E-state index is 12.9. The molecule has 6 nitrogen and oxygen atoms in total. The van der Waals surface area contributed by atoms with Crippen molar-refractivity contribution in [2.45, 2.75) is 12.8 Å². The molecule has 1 aromatic heterocycles. The maximum Gasteiger partial charge on any atom is 0.247 e. The van der Waals surface area contributed by atoms with Crippen LogP contribution in [-0.4, -0.2) is 46.4 Å². The van der Waals surface area contributed by atoms with E-state index >= 15 is 0 Å². The van der Waals surface area contributed by atoms with Crippen LogP contribution in [0.25, 0.3) is 11.3 Å². The fourth-order valence-corrected chi connectivity index (χ4v) is 2.42. The van der Waals surface area contributed by atoms with E-state index in [1.807, 2.05) is 12.3 Å². The third kappa shape index (κ3) is 3.32. The normalized spacial score (nSPS) is 19.2. The second kappa shape index (κ2) is 6.25. The Kier molecular flexibility index (Phi) is 4.17. The lowest BCUT2D eigenvalue weighted by molar-refractivity contribution is -0.136. The third-order valence-electron chi connectivity index (χ3n) is 3.59. The van der Waals surface area contributed by atoms with Crippen molar-refractivity contribution in [1.82, 2.24) is 14.7 Å². The molecule has 1 atom stereocenters. The van der Waals surface area contributed by atoms with E-state index in [1.54, 1.807) is 16.8 Å². The number of hydrogen-bond acceptors (Lipinski definition) is 4. The number of amides is 1. The van der Waals surface area contributed by atoms with Crippen molar-refractivity contribution in [3.05, 3.63) is 42.3 Å². The number of aromatic nitrogens is 2. The lowest BCUT2D eigenvalue weighted by Gasteiger charge is -2.30. The van der Waals surface area contributed by atoms with Gasteiger partial charge in [-0.1, -0.05) is 0 Å². The lowest BCUT2D eigenvalue weighted by Crippen LogP contribution is -2.48. The summed E-state index contributed by atoms with van der Waals surface area (Å²) in [4.78, 5) is 13.2. The predicted molar refractivity (Wildman–Crippen MR) is 78.1 cm³/mol. The summed E-state index contributed by atoms with van der Waals surface area (Å²) >= 11 is 0. The molecule has 2 heterocycles. The molecule has 22 heavy (non-hydrogen) atoms. The SMILES string of the molecule is NC(=O)[C@@H]1CN(Cn2ccc(-c3ccc(F)cc3)n2)CCO1. The molecule has 0 bridgehead atoms. The highest BCUT2D eigenvalue weighted by Crippen LogP contribution is 2.17. The highest BCUT2D eigenvalue weighted by Gasteiger charge is 2.24. The van der Waals surface area contributed by atoms with E-state index in [0.717, 1.165) is 17.8 Å². The quantitative estimate of drug-likeness (QED) is 0.908. The van der Waals surface area contributed by atoms with Gasteiger partial charge in [0, 0.05) is 24.8 Å². The standard InChI is InChI=1S/C15H17FN4O2/c16-12-3-1-11(2-4-12)13-5-6-20(18-13)10-19-7-8-22-14(9-19)15(17)21/h1-6,14H,7-10H2,(H2,17,21)/t14-/m0/s1. The number of carbonyl (C=O) groups is 1. The van der Waals surface area contributed by atoms with Crippen LogP contribution in [0, 0.1) is 5.82 Å². The molecule has 2 N–H and O–H groups in total. The molecule has 1 aliphatic rings. The van der Waals surface area contributed by atoms with Crippen molar-refractivity contribution in [2.75, 3.05) is 19.7 Å². The Morgan fingerprint density at radius 2 is 2.14 bits per heavy atom. The van der Waals surface area contributed by atoms with Gasteiger partial charge in [-0.25, -0.2) is 4.39 Å². The molecular formula is C15H17FN4O2. The highest BCUT2D eigenvalue weighted by molar-refractivity contribution is 5.79. The molecule has 1 saturated heterocycles. The molecule has 1 aromatic carbocycles. The zero-order valence-electron chi connectivity index (χ0n) is 12.0. The smallest absolute Gasteiger partial charge is 0.247 e. The van der Waals surface area contributed by atoms with Gasteiger partial charge in [-0.05, 0) is 30.3 Å². The minimum absolute atomic E-state index is 0.269. The molecule has 1 fully saturated rings. The van der Waals surface area contributed by atoms with Gasteiger partial charge in [-0.2, -0.15) is 5.10 Å². The topological polar surface area (TPSA) is 73.4 Å². The van der Waals surface area contributed by atoms with E-state index in [2.05, 4.69) is 10.00 Å². The first kappa shape index (κ1) is 14.7. The summed E-state index contributed by atoms with van der Waals surface area (Å²) in [7, 11) is 0. The number of morpholine rings is 1. The van der Waals surface area contributed by atoms with Crippen molar-refractivity contribution in [3.8, 4) is 11.3 Å². The van der Waals surface area contributed by atoms with Gasteiger partial charge in [-0.15, -0.1) is 0 Å². The van der Waals surface area contributed by atoms with Gasteiger partial charge in [0.05, 0.1) is 19.0 Å². The van der Waals surface area contributed by atoms with E-state index in [-0.39, 0.29) is 5.82 Å². The summed E-state index contributed by atoms with van der Waals surface area (Å²) in [6.45, 7) is 2.20. The number of nitrogens with zero attached hydrogens (tertiary/aromatic N) is 3. The number of ether oxygens (including phenoxy) is 1. The van der Waals surface area contributed by atoms with E-state index in [1.165, 1.54) is 12.1 Å². The molecule has 0 spiro atoms. The fourth-order valence-electron chi connectivity index (χ4n) is 2.42. The van der Waals surface area contributed by atoms with Crippen LogP contribution in [0.5, 0.6) is 0 Å². The molecule has 0 aliphatic carbocycles. The summed E-state index contributed by atoms with van der Waals surface area (Å²) in [5.74, 6) is -0.717. The molecule has 1 amide bonds. The van der Waals surface area contributed by atoms with Crippen LogP contribution >= 0.6 is 0 Å². The molecule has 0 unspecified atom stereocenters. The first-order chi connectivity index (χ1) is 10.6. The monoisotopic (exact) mass is 304 g/mol. The van der Waals surface area contributed by atoms with E-state index in [0.29, 0.717) is 19.8 Å². The summed E-state index contributed by atoms with van der Waals surface area (Å²) < 4.78 is 20.0. The van der Waals surface area contributed by atoms with Gasteiger partial charge in [-0.3, -0.25) is 14.4 Å². The number of nitrogens with two attached hydrogens (primary N) is 1. The Hall–Kier alpha value is -2.25. The van der Waals surface area contributed by atoms with E-state index in [9.17, 15) is 9.18 Å². The van der Waals surface area contributed by atoms with Crippen molar-refractivity contribution < 1.29 is 13.9 Å². The predicted octanol–water partition coefficient (Wildman–Crippen LogP) is 0.833. The maximum atomic E-state index is 12.9. The molecule has 0 saturated carbocycles. The molecule has 3 rings (SSSR count). The van der Waals surface area contributed by atoms with Gasteiger partial charge < -0.3 is 10.5 Å².